The molecule has 2 heterocycles. The number of ether oxygens (including phenoxy) is 2. The van der Waals surface area contributed by atoms with Gasteiger partial charge in [0.1, 0.15) is 22.1 Å². The van der Waals surface area contributed by atoms with Crippen LogP contribution in [0.15, 0.2) is 29.2 Å². The minimum absolute atomic E-state index is 0.0652. The molecule has 0 radical (unpaired) electrons. The van der Waals surface area contributed by atoms with Crippen LogP contribution in [0.3, 0.4) is 0 Å². The molecule has 0 spiro atoms. The van der Waals surface area contributed by atoms with Crippen LogP contribution < -0.4 is 14.2 Å². The molecule has 1 fully saturated rings. The predicted octanol–water partition coefficient (Wildman–Crippen LogP) is 2.39. The number of methoxy groups -OCH3 is 2. The summed E-state index contributed by atoms with van der Waals surface area (Å²) in [4.78, 5) is 14.6. The molecule has 8 nitrogen and oxygen atoms in total. The standard InChI is InChI=1S/C19H25N3O5S/c1-13-18(12-16(21(13)2)19(23)22-9-5-6-10-22)28(24,25)20-15-8-7-14(26-3)11-17(15)27-4/h7-8,11-12,20H,5-6,9-10H2,1-4H3. The van der Waals surface area contributed by atoms with E-state index in [0.717, 1.165) is 12.8 Å². The average molecular weight is 407 g/mol. The van der Waals surface area contributed by atoms with Gasteiger partial charge in [-0.15, -0.1) is 0 Å². The zero-order valence-corrected chi connectivity index (χ0v) is 17.3. The quantitative estimate of drug-likeness (QED) is 0.794. The first-order valence-electron chi connectivity index (χ1n) is 8.99. The molecule has 1 amide bonds. The summed E-state index contributed by atoms with van der Waals surface area (Å²) in [6, 6.07) is 6.25. The van der Waals surface area contributed by atoms with Gasteiger partial charge in [0.2, 0.25) is 0 Å². The number of nitrogens with zero attached hydrogens (tertiary/aromatic N) is 2. The third kappa shape index (κ3) is 3.66. The summed E-state index contributed by atoms with van der Waals surface area (Å²) in [6.45, 7) is 3.08. The third-order valence-corrected chi connectivity index (χ3v) is 6.52. The number of rotatable bonds is 6. The van der Waals surface area contributed by atoms with Crippen molar-refractivity contribution in [3.8, 4) is 11.5 Å². The normalized spacial score (nSPS) is 14.2. The summed E-state index contributed by atoms with van der Waals surface area (Å²) in [7, 11) is 0.753. The molecule has 28 heavy (non-hydrogen) atoms. The first kappa shape index (κ1) is 20.1. The molecule has 0 saturated carbocycles. The van der Waals surface area contributed by atoms with Crippen LogP contribution in [0.1, 0.15) is 29.0 Å². The van der Waals surface area contributed by atoms with Crippen molar-refractivity contribution in [2.24, 2.45) is 7.05 Å². The summed E-state index contributed by atoms with van der Waals surface area (Å²) >= 11 is 0. The molecule has 2 aromatic rings. The van der Waals surface area contributed by atoms with E-state index < -0.39 is 10.0 Å². The maximum absolute atomic E-state index is 13.0. The summed E-state index contributed by atoms with van der Waals surface area (Å²) < 4.78 is 40.6. The molecule has 1 aliphatic heterocycles. The summed E-state index contributed by atoms with van der Waals surface area (Å²) in [5, 5.41) is 0. The van der Waals surface area contributed by atoms with Crippen molar-refractivity contribution in [2.75, 3.05) is 32.0 Å². The number of hydrogen-bond donors (Lipinski definition) is 1. The number of aromatic nitrogens is 1. The Morgan fingerprint density at radius 3 is 2.39 bits per heavy atom. The SMILES string of the molecule is COc1ccc(NS(=O)(=O)c2cc(C(=O)N3CCCC3)n(C)c2C)c(OC)c1. The number of likely N-dealkylation sites (tertiary alicyclic amines) is 1. The molecule has 0 unspecified atom stereocenters. The fourth-order valence-corrected chi connectivity index (χ4v) is 4.67. The minimum atomic E-state index is -3.92. The van der Waals surface area contributed by atoms with E-state index in [0.29, 0.717) is 41.7 Å². The van der Waals surface area contributed by atoms with Gasteiger partial charge in [-0.2, -0.15) is 0 Å². The van der Waals surface area contributed by atoms with Gasteiger partial charge in [0.25, 0.3) is 15.9 Å². The average Bonchev–Trinajstić information content (AvgIpc) is 3.31. The summed E-state index contributed by atoms with van der Waals surface area (Å²) in [5.41, 5.74) is 1.14. The molecule has 1 aliphatic rings. The smallest absolute Gasteiger partial charge is 0.270 e. The van der Waals surface area contributed by atoms with Gasteiger partial charge in [-0.3, -0.25) is 9.52 Å². The van der Waals surface area contributed by atoms with Crippen molar-refractivity contribution in [1.29, 1.82) is 0 Å². The van der Waals surface area contributed by atoms with Gasteiger partial charge in [0.05, 0.1) is 19.9 Å². The van der Waals surface area contributed by atoms with E-state index >= 15 is 0 Å². The van der Waals surface area contributed by atoms with Crippen LogP contribution in [0.2, 0.25) is 0 Å². The highest BCUT2D eigenvalue weighted by molar-refractivity contribution is 7.92. The van der Waals surface area contributed by atoms with Crippen LogP contribution in [0.5, 0.6) is 11.5 Å². The van der Waals surface area contributed by atoms with Gasteiger partial charge >= 0.3 is 0 Å². The van der Waals surface area contributed by atoms with Crippen LogP contribution in [0.4, 0.5) is 5.69 Å². The number of anilines is 1. The zero-order valence-electron chi connectivity index (χ0n) is 16.5. The van der Waals surface area contributed by atoms with E-state index in [-0.39, 0.29) is 10.8 Å². The molecule has 0 aliphatic carbocycles. The molecule has 9 heteroatoms. The van der Waals surface area contributed by atoms with Crippen LogP contribution in [-0.2, 0) is 17.1 Å². The van der Waals surface area contributed by atoms with Crippen LogP contribution in [0.25, 0.3) is 0 Å². The van der Waals surface area contributed by atoms with Crippen molar-refractivity contribution in [2.45, 2.75) is 24.7 Å². The van der Waals surface area contributed by atoms with Gasteiger partial charge in [0.15, 0.2) is 0 Å². The Kier molecular flexibility index (Phi) is 5.55. The maximum Gasteiger partial charge on any atom is 0.270 e. The molecule has 0 atom stereocenters. The van der Waals surface area contributed by atoms with E-state index in [2.05, 4.69) is 4.72 Å². The number of benzene rings is 1. The molecule has 1 saturated heterocycles. The Morgan fingerprint density at radius 1 is 1.11 bits per heavy atom. The monoisotopic (exact) mass is 407 g/mol. The lowest BCUT2D eigenvalue weighted by Crippen LogP contribution is -2.29. The summed E-state index contributed by atoms with van der Waals surface area (Å²) in [6.07, 6.45) is 1.94. The lowest BCUT2D eigenvalue weighted by molar-refractivity contribution is 0.0783. The Labute approximate surface area is 165 Å². The molecular weight excluding hydrogens is 382 g/mol. The van der Waals surface area contributed by atoms with Gasteiger partial charge in [-0.05, 0) is 38.0 Å². The highest BCUT2D eigenvalue weighted by Gasteiger charge is 2.28. The van der Waals surface area contributed by atoms with E-state index in [9.17, 15) is 13.2 Å². The topological polar surface area (TPSA) is 89.9 Å². The molecule has 0 bridgehead atoms. The van der Waals surface area contributed by atoms with Crippen LogP contribution in [0, 0.1) is 6.92 Å². The zero-order chi connectivity index (χ0) is 20.5. The Hall–Kier alpha value is -2.68. The number of nitrogens with one attached hydrogen (secondary N) is 1. The van der Waals surface area contributed by atoms with E-state index in [1.807, 2.05) is 0 Å². The largest absolute Gasteiger partial charge is 0.497 e. The third-order valence-electron chi connectivity index (χ3n) is 5.04. The van der Waals surface area contributed by atoms with E-state index in [4.69, 9.17) is 9.47 Å². The highest BCUT2D eigenvalue weighted by atomic mass is 32.2. The highest BCUT2D eigenvalue weighted by Crippen LogP contribution is 2.32. The summed E-state index contributed by atoms with van der Waals surface area (Å²) in [5.74, 6) is 0.741. The first-order chi connectivity index (χ1) is 13.3. The number of carbonyl (C=O) groups excluding carboxylic acids is 1. The second kappa shape index (κ2) is 7.75. The van der Waals surface area contributed by atoms with Crippen molar-refractivity contribution >= 4 is 21.6 Å². The van der Waals surface area contributed by atoms with Gasteiger partial charge in [0, 0.05) is 31.9 Å². The molecule has 1 aromatic heterocycles. The second-order valence-electron chi connectivity index (χ2n) is 6.71. The van der Waals surface area contributed by atoms with Crippen molar-refractivity contribution in [3.63, 3.8) is 0 Å². The van der Waals surface area contributed by atoms with Crippen LogP contribution in [-0.4, -0.2) is 51.1 Å². The van der Waals surface area contributed by atoms with Crippen LogP contribution >= 0.6 is 0 Å². The lowest BCUT2D eigenvalue weighted by Gasteiger charge is -2.15. The minimum Gasteiger partial charge on any atom is -0.497 e. The molecule has 152 valence electrons. The van der Waals surface area contributed by atoms with Crippen molar-refractivity contribution < 1.29 is 22.7 Å². The number of amides is 1. The Balaban J connectivity index is 1.94. The maximum atomic E-state index is 13.0. The molecule has 1 N–H and O–H groups in total. The predicted molar refractivity (Wildman–Crippen MR) is 106 cm³/mol. The van der Waals surface area contributed by atoms with Gasteiger partial charge < -0.3 is 18.9 Å². The molecular formula is C19H25N3O5S. The van der Waals surface area contributed by atoms with Gasteiger partial charge in [-0.1, -0.05) is 0 Å². The number of carbonyl (C=O) groups is 1. The van der Waals surface area contributed by atoms with E-state index in [1.165, 1.54) is 20.3 Å². The number of hydrogen-bond acceptors (Lipinski definition) is 5. The van der Waals surface area contributed by atoms with E-state index in [1.54, 1.807) is 41.6 Å². The number of sulfonamides is 1. The lowest BCUT2D eigenvalue weighted by atomic mass is 10.3. The fourth-order valence-electron chi connectivity index (χ4n) is 3.31. The Morgan fingerprint density at radius 2 is 1.79 bits per heavy atom. The Bertz CT molecular complexity index is 991. The van der Waals surface area contributed by atoms with Crippen molar-refractivity contribution in [1.82, 2.24) is 9.47 Å². The fraction of sp³-hybridized carbons (Fsp3) is 0.421. The molecule has 3 rings (SSSR count). The second-order valence-corrected chi connectivity index (χ2v) is 8.36. The first-order valence-corrected chi connectivity index (χ1v) is 10.5. The molecule has 1 aromatic carbocycles. The van der Waals surface area contributed by atoms with Crippen molar-refractivity contribution in [3.05, 3.63) is 35.7 Å². The van der Waals surface area contributed by atoms with Gasteiger partial charge in [-0.25, -0.2) is 8.42 Å².